The van der Waals surface area contributed by atoms with E-state index in [1.54, 1.807) is 0 Å². The summed E-state index contributed by atoms with van der Waals surface area (Å²) in [7, 11) is 0. The molecule has 0 aromatic carbocycles. The van der Waals surface area contributed by atoms with E-state index in [1.165, 1.54) is 0 Å². The lowest BCUT2D eigenvalue weighted by Gasteiger charge is -1.95. The van der Waals surface area contributed by atoms with Crippen LogP contribution in [0.3, 0.4) is 0 Å². The van der Waals surface area contributed by atoms with E-state index in [4.69, 9.17) is 16.6 Å². The highest BCUT2D eigenvalue weighted by Gasteiger charge is 1.91. The molecular formula is C12H20O2. The molecule has 2 heteroatoms. The Kier molecular flexibility index (Phi) is 15.8. The van der Waals surface area contributed by atoms with Gasteiger partial charge in [0.15, 0.2) is 0 Å². The Hall–Kier alpha value is -1.12. The lowest BCUT2D eigenvalue weighted by molar-refractivity contribution is 0.221. The zero-order valence-electron chi connectivity index (χ0n) is 9.08. The second-order valence-electron chi connectivity index (χ2n) is 2.86. The largest absolute Gasteiger partial charge is 0.462 e. The molecule has 0 saturated carbocycles. The first-order chi connectivity index (χ1) is 6.72. The van der Waals surface area contributed by atoms with Gasteiger partial charge in [0, 0.05) is 6.42 Å². The van der Waals surface area contributed by atoms with Gasteiger partial charge in [0.05, 0.1) is 0 Å². The Morgan fingerprint density at radius 1 is 1.29 bits per heavy atom. The molecule has 1 unspecified atom stereocenters. The van der Waals surface area contributed by atoms with E-state index in [-0.39, 0.29) is 0 Å². The Labute approximate surface area is 87.3 Å². The number of aliphatic hydroxyl groups excluding tert-OH is 2. The smallest absolute Gasteiger partial charge is 0.114 e. The summed E-state index contributed by atoms with van der Waals surface area (Å²) in [6.45, 7) is 4.08. The van der Waals surface area contributed by atoms with E-state index in [0.717, 1.165) is 32.1 Å². The summed E-state index contributed by atoms with van der Waals surface area (Å²) in [4.78, 5) is 0. The number of hydrogen-bond donors (Lipinski definition) is 2. The van der Waals surface area contributed by atoms with Crippen molar-refractivity contribution < 1.29 is 10.2 Å². The van der Waals surface area contributed by atoms with Gasteiger partial charge in [-0.15, -0.1) is 6.42 Å². The lowest BCUT2D eigenvalue weighted by Crippen LogP contribution is -1.99. The van der Waals surface area contributed by atoms with Crippen molar-refractivity contribution >= 4 is 0 Å². The molecule has 2 N–H and O–H groups in total. The molecule has 0 radical (unpaired) electrons. The Bertz CT molecular complexity index is 193. The highest BCUT2D eigenvalue weighted by molar-refractivity contribution is 4.92. The van der Waals surface area contributed by atoms with Crippen LogP contribution in [0.15, 0.2) is 0 Å². The van der Waals surface area contributed by atoms with Crippen LogP contribution in [0.25, 0.3) is 0 Å². The molecule has 0 heterocycles. The first-order valence-corrected chi connectivity index (χ1v) is 4.99. The summed E-state index contributed by atoms with van der Waals surface area (Å²) < 4.78 is 0. The van der Waals surface area contributed by atoms with Crippen molar-refractivity contribution in [2.45, 2.75) is 52.1 Å². The molecule has 2 nitrogen and oxygen atoms in total. The fraction of sp³-hybridized carbons (Fsp3) is 0.667. The van der Waals surface area contributed by atoms with Crippen LogP contribution in [0.1, 0.15) is 46.0 Å². The van der Waals surface area contributed by atoms with Gasteiger partial charge >= 0.3 is 0 Å². The van der Waals surface area contributed by atoms with Gasteiger partial charge in [-0.2, -0.15) is 0 Å². The van der Waals surface area contributed by atoms with Crippen LogP contribution in [0, 0.1) is 24.4 Å². The molecule has 0 rings (SSSR count). The number of aliphatic hydroxyl groups is 2. The van der Waals surface area contributed by atoms with Crippen molar-refractivity contribution in [3.63, 3.8) is 0 Å². The highest BCUT2D eigenvalue weighted by Crippen LogP contribution is 1.91. The maximum atomic E-state index is 8.62. The third-order valence-electron chi connectivity index (χ3n) is 1.49. The predicted molar refractivity (Wildman–Crippen MR) is 59.0 cm³/mol. The summed E-state index contributed by atoms with van der Waals surface area (Å²) in [5.74, 6) is 4.78. The number of terminal acetylenes is 1. The monoisotopic (exact) mass is 196 g/mol. The van der Waals surface area contributed by atoms with E-state index in [2.05, 4.69) is 18.8 Å². The van der Waals surface area contributed by atoms with Crippen LogP contribution < -0.4 is 0 Å². The van der Waals surface area contributed by atoms with Crippen LogP contribution in [0.5, 0.6) is 0 Å². The Balaban J connectivity index is 0. The molecule has 80 valence electrons. The van der Waals surface area contributed by atoms with Crippen molar-refractivity contribution in [2.24, 2.45) is 0 Å². The van der Waals surface area contributed by atoms with Gasteiger partial charge in [0.2, 0.25) is 0 Å². The van der Waals surface area contributed by atoms with E-state index < -0.39 is 6.10 Å². The third kappa shape index (κ3) is 17.1. The zero-order valence-corrected chi connectivity index (χ0v) is 9.08. The predicted octanol–water partition coefficient (Wildman–Crippen LogP) is 2.29. The van der Waals surface area contributed by atoms with E-state index in [9.17, 15) is 0 Å². The number of rotatable bonds is 4. The molecule has 0 spiro atoms. The maximum absolute atomic E-state index is 8.62. The first kappa shape index (κ1) is 15.4. The second-order valence-corrected chi connectivity index (χ2v) is 2.86. The fourth-order valence-corrected chi connectivity index (χ4v) is 0.678. The van der Waals surface area contributed by atoms with Crippen molar-refractivity contribution in [3.8, 4) is 24.4 Å². The minimum atomic E-state index is -0.523. The van der Waals surface area contributed by atoms with Crippen LogP contribution in [0.2, 0.25) is 0 Å². The molecule has 0 bridgehead atoms. The molecule has 0 aromatic rings. The van der Waals surface area contributed by atoms with E-state index >= 15 is 0 Å². The minimum absolute atomic E-state index is 0.523. The minimum Gasteiger partial charge on any atom is -0.462 e. The zero-order chi connectivity index (χ0) is 11.2. The van der Waals surface area contributed by atoms with Gasteiger partial charge in [-0.3, -0.25) is 0 Å². The van der Waals surface area contributed by atoms with Crippen molar-refractivity contribution in [3.05, 3.63) is 0 Å². The molecule has 0 fully saturated rings. The van der Waals surface area contributed by atoms with Crippen molar-refractivity contribution in [2.75, 3.05) is 0 Å². The van der Waals surface area contributed by atoms with Gasteiger partial charge < -0.3 is 10.2 Å². The van der Waals surface area contributed by atoms with Gasteiger partial charge in [-0.1, -0.05) is 38.5 Å². The Morgan fingerprint density at radius 3 is 2.21 bits per heavy atom. The lowest BCUT2D eigenvalue weighted by atomic mass is 10.2. The van der Waals surface area contributed by atoms with Crippen molar-refractivity contribution in [1.82, 2.24) is 0 Å². The summed E-state index contributed by atoms with van der Waals surface area (Å²) in [6, 6.07) is 0. The van der Waals surface area contributed by atoms with Crippen LogP contribution in [0.4, 0.5) is 0 Å². The number of hydrogen-bond acceptors (Lipinski definition) is 2. The van der Waals surface area contributed by atoms with E-state index in [1.807, 2.05) is 13.0 Å². The average Bonchev–Trinajstić information content (AvgIpc) is 2.20. The SMILES string of the molecule is C#CC(O)CCC.CCCCC#CO. The molecular weight excluding hydrogens is 176 g/mol. The van der Waals surface area contributed by atoms with E-state index in [0.29, 0.717) is 0 Å². The van der Waals surface area contributed by atoms with Gasteiger partial charge in [0.1, 0.15) is 12.2 Å². The van der Waals surface area contributed by atoms with Gasteiger partial charge in [-0.05, 0) is 12.8 Å². The molecule has 0 aliphatic rings. The topological polar surface area (TPSA) is 40.5 Å². The van der Waals surface area contributed by atoms with Crippen molar-refractivity contribution in [1.29, 1.82) is 0 Å². The maximum Gasteiger partial charge on any atom is 0.114 e. The molecule has 0 saturated heterocycles. The normalized spacial score (nSPS) is 9.86. The first-order valence-electron chi connectivity index (χ1n) is 4.99. The molecule has 1 atom stereocenters. The standard InChI is InChI=1S/2C6H10O/c1-3-5-6(7)4-2;1-2-3-4-5-6-7/h2,6-7H,3,5H2,1H3;7H,2-4H2,1H3. The summed E-state index contributed by atoms with van der Waals surface area (Å²) in [6.07, 6.45) is 10.9. The summed E-state index contributed by atoms with van der Waals surface area (Å²) in [5, 5.41) is 16.6. The molecule has 0 aromatic heterocycles. The summed E-state index contributed by atoms with van der Waals surface area (Å²) in [5.41, 5.74) is 0. The van der Waals surface area contributed by atoms with Crippen LogP contribution in [-0.2, 0) is 0 Å². The Morgan fingerprint density at radius 2 is 1.93 bits per heavy atom. The fourth-order valence-electron chi connectivity index (χ4n) is 0.678. The van der Waals surface area contributed by atoms with Crippen LogP contribution in [-0.4, -0.2) is 16.3 Å². The third-order valence-corrected chi connectivity index (χ3v) is 1.49. The average molecular weight is 196 g/mol. The van der Waals surface area contributed by atoms with Gasteiger partial charge in [0.25, 0.3) is 0 Å². The van der Waals surface area contributed by atoms with Gasteiger partial charge in [-0.25, -0.2) is 0 Å². The molecule has 0 amide bonds. The molecule has 14 heavy (non-hydrogen) atoms. The molecule has 0 aliphatic heterocycles. The van der Waals surface area contributed by atoms with Crippen LogP contribution >= 0.6 is 0 Å². The number of unbranched alkanes of at least 4 members (excludes halogenated alkanes) is 2. The summed E-state index contributed by atoms with van der Waals surface area (Å²) >= 11 is 0. The second kappa shape index (κ2) is 14.4. The quantitative estimate of drug-likeness (QED) is 0.535. The highest BCUT2D eigenvalue weighted by atomic mass is 16.3. The molecule has 0 aliphatic carbocycles.